The zero-order valence-corrected chi connectivity index (χ0v) is 16.6. The molecule has 10 heteroatoms. The van der Waals surface area contributed by atoms with E-state index in [9.17, 15) is 22.4 Å². The summed E-state index contributed by atoms with van der Waals surface area (Å²) in [5.74, 6) is -0.435. The summed E-state index contributed by atoms with van der Waals surface area (Å²) in [5.41, 5.74) is 1.46. The van der Waals surface area contributed by atoms with E-state index >= 15 is 0 Å². The Hall–Kier alpha value is -3.30. The molecular weight excluding hydrogens is 414 g/mol. The van der Waals surface area contributed by atoms with Gasteiger partial charge in [-0.15, -0.1) is 0 Å². The van der Waals surface area contributed by atoms with Crippen LogP contribution in [0, 0.1) is 12.7 Å². The standard InChI is InChI=1S/C21H19F4N5O/c1-13-4-5-14(16(22)9-13)12-30-19(31)7-6-17(28-30)15-10-26-20(27-11-15)29-8-2-3-18(29)21(23,24)25/h4-7,9-11,18H,2-3,8,12H2,1H3. The molecule has 1 fully saturated rings. The van der Waals surface area contributed by atoms with E-state index in [4.69, 9.17) is 0 Å². The van der Waals surface area contributed by atoms with Crippen LogP contribution in [0.3, 0.4) is 0 Å². The van der Waals surface area contributed by atoms with Gasteiger partial charge in [-0.25, -0.2) is 19.0 Å². The molecule has 4 rings (SSSR count). The van der Waals surface area contributed by atoms with Gasteiger partial charge in [-0.1, -0.05) is 12.1 Å². The largest absolute Gasteiger partial charge is 0.408 e. The van der Waals surface area contributed by atoms with Crippen molar-refractivity contribution in [3.05, 3.63) is 70.0 Å². The van der Waals surface area contributed by atoms with E-state index in [1.54, 1.807) is 19.1 Å². The van der Waals surface area contributed by atoms with Crippen LogP contribution in [-0.2, 0) is 6.54 Å². The molecule has 0 amide bonds. The van der Waals surface area contributed by atoms with Crippen molar-refractivity contribution in [1.82, 2.24) is 19.7 Å². The lowest BCUT2D eigenvalue weighted by Crippen LogP contribution is -2.42. The van der Waals surface area contributed by atoms with Gasteiger partial charge in [0.2, 0.25) is 5.95 Å². The molecule has 0 saturated carbocycles. The summed E-state index contributed by atoms with van der Waals surface area (Å²) in [4.78, 5) is 21.5. The highest BCUT2D eigenvalue weighted by atomic mass is 19.4. The average molecular weight is 433 g/mol. The number of benzene rings is 1. The van der Waals surface area contributed by atoms with Crippen LogP contribution in [0.4, 0.5) is 23.5 Å². The summed E-state index contributed by atoms with van der Waals surface area (Å²) in [7, 11) is 0. The zero-order chi connectivity index (χ0) is 22.2. The predicted molar refractivity (Wildman–Crippen MR) is 106 cm³/mol. The van der Waals surface area contributed by atoms with Crippen LogP contribution < -0.4 is 10.5 Å². The number of aromatic nitrogens is 4. The molecule has 6 nitrogen and oxygen atoms in total. The third-order valence-electron chi connectivity index (χ3n) is 5.22. The van der Waals surface area contributed by atoms with Gasteiger partial charge in [0.05, 0.1) is 12.2 Å². The second-order valence-electron chi connectivity index (χ2n) is 7.47. The first-order chi connectivity index (χ1) is 14.7. The van der Waals surface area contributed by atoms with Crippen LogP contribution >= 0.6 is 0 Å². The Morgan fingerprint density at radius 3 is 2.55 bits per heavy atom. The first kappa shape index (κ1) is 21.0. The maximum Gasteiger partial charge on any atom is 0.408 e. The molecule has 1 atom stereocenters. The third kappa shape index (κ3) is 4.42. The van der Waals surface area contributed by atoms with Crippen molar-refractivity contribution in [3.8, 4) is 11.3 Å². The molecule has 1 aromatic carbocycles. The van der Waals surface area contributed by atoms with Gasteiger partial charge >= 0.3 is 6.18 Å². The maximum absolute atomic E-state index is 14.2. The lowest BCUT2D eigenvalue weighted by atomic mass is 10.1. The number of alkyl halides is 3. The minimum Gasteiger partial charge on any atom is -0.329 e. The summed E-state index contributed by atoms with van der Waals surface area (Å²) >= 11 is 0. The molecular formula is C21H19F4N5O. The quantitative estimate of drug-likeness (QED) is 0.587. The Bertz CT molecular complexity index is 1140. The van der Waals surface area contributed by atoms with Gasteiger partial charge in [0.15, 0.2) is 0 Å². The van der Waals surface area contributed by atoms with Gasteiger partial charge in [-0.05, 0) is 37.5 Å². The maximum atomic E-state index is 14.2. The Morgan fingerprint density at radius 1 is 1.13 bits per heavy atom. The fraction of sp³-hybridized carbons (Fsp3) is 0.333. The molecule has 0 N–H and O–H groups in total. The van der Waals surface area contributed by atoms with Gasteiger partial charge in [0.25, 0.3) is 5.56 Å². The molecule has 1 aliphatic heterocycles. The fourth-order valence-corrected chi connectivity index (χ4v) is 3.61. The minimum atomic E-state index is -4.35. The molecule has 3 heterocycles. The van der Waals surface area contributed by atoms with Crippen LogP contribution in [0.1, 0.15) is 24.0 Å². The molecule has 1 unspecified atom stereocenters. The highest BCUT2D eigenvalue weighted by Gasteiger charge is 2.46. The lowest BCUT2D eigenvalue weighted by Gasteiger charge is -2.26. The van der Waals surface area contributed by atoms with Gasteiger partial charge in [-0.3, -0.25) is 4.79 Å². The van der Waals surface area contributed by atoms with Crippen molar-refractivity contribution in [1.29, 1.82) is 0 Å². The van der Waals surface area contributed by atoms with Crippen molar-refractivity contribution in [2.45, 2.75) is 38.5 Å². The van der Waals surface area contributed by atoms with E-state index < -0.39 is 23.6 Å². The fourth-order valence-electron chi connectivity index (χ4n) is 3.61. The van der Waals surface area contributed by atoms with E-state index in [0.717, 1.165) is 15.1 Å². The molecule has 3 aromatic rings. The Balaban J connectivity index is 1.59. The Morgan fingerprint density at radius 2 is 1.87 bits per heavy atom. The third-order valence-corrected chi connectivity index (χ3v) is 5.22. The summed E-state index contributed by atoms with van der Waals surface area (Å²) in [6.07, 6.45) is -1.18. The molecule has 0 spiro atoms. The average Bonchev–Trinajstić information content (AvgIpc) is 3.22. The van der Waals surface area contributed by atoms with Gasteiger partial charge < -0.3 is 4.90 Å². The molecule has 2 aromatic heterocycles. The molecule has 0 bridgehead atoms. The van der Waals surface area contributed by atoms with Crippen LogP contribution in [0.15, 0.2) is 47.5 Å². The summed E-state index contributed by atoms with van der Waals surface area (Å²) < 4.78 is 54.8. The molecule has 162 valence electrons. The summed E-state index contributed by atoms with van der Waals surface area (Å²) in [6, 6.07) is 5.88. The second kappa shape index (κ2) is 8.09. The van der Waals surface area contributed by atoms with E-state index in [1.165, 1.54) is 30.6 Å². The smallest absolute Gasteiger partial charge is 0.329 e. The van der Waals surface area contributed by atoms with Crippen LogP contribution in [0.5, 0.6) is 0 Å². The molecule has 1 aliphatic rings. The van der Waals surface area contributed by atoms with Gasteiger partial charge in [0, 0.05) is 36.1 Å². The van der Waals surface area contributed by atoms with E-state index in [-0.39, 0.29) is 25.5 Å². The number of aryl methyl sites for hydroxylation is 1. The summed E-state index contributed by atoms with van der Waals surface area (Å²) in [6.45, 7) is 1.94. The SMILES string of the molecule is Cc1ccc(Cn2nc(-c3cnc(N4CCCC4C(F)(F)F)nc3)ccc2=O)c(F)c1. The Labute approximate surface area is 175 Å². The molecule has 0 radical (unpaired) electrons. The predicted octanol–water partition coefficient (Wildman–Crippen LogP) is 3.73. The number of nitrogens with zero attached hydrogens (tertiary/aromatic N) is 5. The second-order valence-corrected chi connectivity index (χ2v) is 7.47. The van der Waals surface area contributed by atoms with Crippen molar-refractivity contribution >= 4 is 5.95 Å². The van der Waals surface area contributed by atoms with Gasteiger partial charge in [0.1, 0.15) is 11.9 Å². The first-order valence-corrected chi connectivity index (χ1v) is 9.71. The van der Waals surface area contributed by atoms with E-state index in [0.29, 0.717) is 23.2 Å². The van der Waals surface area contributed by atoms with E-state index in [2.05, 4.69) is 15.1 Å². The number of halogens is 4. The van der Waals surface area contributed by atoms with Crippen molar-refractivity contribution < 1.29 is 17.6 Å². The number of hydrogen-bond donors (Lipinski definition) is 0. The lowest BCUT2D eigenvalue weighted by molar-refractivity contribution is -0.146. The number of anilines is 1. The van der Waals surface area contributed by atoms with Crippen LogP contribution in [0.2, 0.25) is 0 Å². The van der Waals surface area contributed by atoms with Crippen molar-refractivity contribution in [3.63, 3.8) is 0 Å². The number of rotatable bonds is 4. The van der Waals surface area contributed by atoms with Crippen molar-refractivity contribution in [2.24, 2.45) is 0 Å². The monoisotopic (exact) mass is 433 g/mol. The topological polar surface area (TPSA) is 63.9 Å². The highest BCUT2D eigenvalue weighted by Crippen LogP contribution is 2.34. The normalized spacial score (nSPS) is 16.7. The molecule has 31 heavy (non-hydrogen) atoms. The summed E-state index contributed by atoms with van der Waals surface area (Å²) in [5, 5.41) is 4.25. The number of hydrogen-bond acceptors (Lipinski definition) is 5. The van der Waals surface area contributed by atoms with Gasteiger partial charge in [-0.2, -0.15) is 18.3 Å². The van der Waals surface area contributed by atoms with E-state index in [1.807, 2.05) is 0 Å². The van der Waals surface area contributed by atoms with Crippen LogP contribution in [0.25, 0.3) is 11.3 Å². The van der Waals surface area contributed by atoms with Crippen LogP contribution in [-0.4, -0.2) is 38.5 Å². The first-order valence-electron chi connectivity index (χ1n) is 9.71. The zero-order valence-electron chi connectivity index (χ0n) is 16.6. The minimum absolute atomic E-state index is 0.00128. The Kier molecular flexibility index (Phi) is 5.47. The molecule has 1 saturated heterocycles. The molecule has 0 aliphatic carbocycles. The van der Waals surface area contributed by atoms with Crippen molar-refractivity contribution in [2.75, 3.05) is 11.4 Å². The highest BCUT2D eigenvalue weighted by molar-refractivity contribution is 5.56.